The zero-order valence-corrected chi connectivity index (χ0v) is 26.1. The number of aromatic nitrogens is 4. The van der Waals surface area contributed by atoms with E-state index in [-0.39, 0.29) is 42.3 Å². The van der Waals surface area contributed by atoms with Gasteiger partial charge in [0.1, 0.15) is 11.6 Å². The van der Waals surface area contributed by atoms with Gasteiger partial charge in [-0.15, -0.1) is 5.10 Å². The van der Waals surface area contributed by atoms with Gasteiger partial charge in [-0.05, 0) is 89.0 Å². The number of nitrogens with zero attached hydrogens (tertiary/aromatic N) is 5. The number of rotatable bonds is 5. The van der Waals surface area contributed by atoms with Crippen molar-refractivity contribution in [3.63, 3.8) is 0 Å². The molecule has 1 saturated carbocycles. The van der Waals surface area contributed by atoms with Gasteiger partial charge in [-0.3, -0.25) is 4.79 Å². The SMILES string of the molecule is Cc1ccc2nc1S(=O)(=O)NC(=O)c1ccc(-n3ccc(OCCC4(C(F)(F)F)CC4)n3)nc1N1C[C@H](CCCN2)CC1(C)C. The second kappa shape index (κ2) is 11.2. The van der Waals surface area contributed by atoms with E-state index in [0.717, 1.165) is 19.3 Å². The molecule has 0 unspecified atom stereocenters. The van der Waals surface area contributed by atoms with Crippen molar-refractivity contribution in [2.75, 3.05) is 29.9 Å². The van der Waals surface area contributed by atoms with E-state index in [1.54, 1.807) is 25.3 Å². The Morgan fingerprint density at radius 2 is 1.89 bits per heavy atom. The maximum Gasteiger partial charge on any atom is 0.394 e. The molecule has 1 amide bonds. The molecule has 11 nitrogen and oxygen atoms in total. The van der Waals surface area contributed by atoms with Crippen LogP contribution in [0.25, 0.3) is 5.82 Å². The molecular weight excluding hydrogens is 611 g/mol. The summed E-state index contributed by atoms with van der Waals surface area (Å²) in [5.41, 5.74) is -1.59. The van der Waals surface area contributed by atoms with Gasteiger partial charge in [-0.2, -0.15) is 21.6 Å². The Labute approximate surface area is 259 Å². The van der Waals surface area contributed by atoms with E-state index in [9.17, 15) is 26.4 Å². The Morgan fingerprint density at radius 3 is 2.62 bits per heavy atom. The molecule has 15 heteroatoms. The van der Waals surface area contributed by atoms with E-state index in [0.29, 0.717) is 42.0 Å². The number of halogens is 3. The molecule has 3 aromatic heterocycles. The van der Waals surface area contributed by atoms with Crippen LogP contribution in [0, 0.1) is 18.3 Å². The highest BCUT2D eigenvalue weighted by Gasteiger charge is 2.62. The molecule has 3 aromatic rings. The first kappa shape index (κ1) is 31.1. The van der Waals surface area contributed by atoms with Crippen LogP contribution in [0.15, 0.2) is 41.6 Å². The Morgan fingerprint density at radius 1 is 1.11 bits per heavy atom. The highest BCUT2D eigenvalue weighted by molar-refractivity contribution is 7.90. The number of carbonyl (C=O) groups is 1. The minimum absolute atomic E-state index is 0.0726. The minimum atomic E-state index is -4.33. The molecule has 2 aliphatic heterocycles. The first-order chi connectivity index (χ1) is 21.2. The van der Waals surface area contributed by atoms with E-state index < -0.39 is 33.1 Å². The lowest BCUT2D eigenvalue weighted by atomic mass is 9.93. The van der Waals surface area contributed by atoms with E-state index in [1.165, 1.54) is 22.9 Å². The fourth-order valence-corrected chi connectivity index (χ4v) is 7.47. The molecule has 1 aliphatic carbocycles. The smallest absolute Gasteiger partial charge is 0.394 e. The van der Waals surface area contributed by atoms with E-state index in [4.69, 9.17) is 9.72 Å². The lowest BCUT2D eigenvalue weighted by Crippen LogP contribution is -2.41. The predicted octanol–water partition coefficient (Wildman–Crippen LogP) is 5.01. The van der Waals surface area contributed by atoms with Gasteiger partial charge in [0.2, 0.25) is 5.88 Å². The van der Waals surface area contributed by atoms with Crippen molar-refractivity contribution in [1.82, 2.24) is 24.5 Å². The predicted molar refractivity (Wildman–Crippen MR) is 160 cm³/mol. The Bertz CT molecular complexity index is 1720. The van der Waals surface area contributed by atoms with Gasteiger partial charge in [-0.25, -0.2) is 19.4 Å². The number of aryl methyl sites for hydroxylation is 1. The van der Waals surface area contributed by atoms with Crippen LogP contribution in [-0.2, 0) is 10.0 Å². The highest BCUT2D eigenvalue weighted by Crippen LogP contribution is 2.59. The number of pyridine rings is 2. The summed E-state index contributed by atoms with van der Waals surface area (Å²) in [7, 11) is -4.33. The standard InChI is InChI=1S/C30H36F3N7O4S/c1-19-6-8-22-34-14-4-5-20-17-28(2,3)39(18-20)25-21(26(41)38-45(42,43)27(19)35-22)7-9-23(36-25)40-15-10-24(37-40)44-16-13-29(11-12-29)30(31,32)33/h6-10,15,20H,4-5,11-14,16-18H2,1-3H3,(H,34,35)(H,38,41)/t20-/m1/s1. The molecule has 0 spiro atoms. The molecule has 242 valence electrons. The Kier molecular flexibility index (Phi) is 7.73. The summed E-state index contributed by atoms with van der Waals surface area (Å²) in [6, 6.07) is 7.94. The van der Waals surface area contributed by atoms with Crippen molar-refractivity contribution in [1.29, 1.82) is 0 Å². The van der Waals surface area contributed by atoms with E-state index in [1.807, 2.05) is 4.90 Å². The number of hydrogen-bond donors (Lipinski definition) is 2. The number of carbonyl (C=O) groups excluding carboxylic acids is 1. The molecule has 0 aromatic carbocycles. The van der Waals surface area contributed by atoms with Crippen LogP contribution in [0.2, 0.25) is 0 Å². The first-order valence-electron chi connectivity index (χ1n) is 15.0. The number of hydrogen-bond acceptors (Lipinski definition) is 9. The van der Waals surface area contributed by atoms with Crippen LogP contribution in [0.3, 0.4) is 0 Å². The third-order valence-corrected chi connectivity index (χ3v) is 10.4. The monoisotopic (exact) mass is 647 g/mol. The number of anilines is 2. The third kappa shape index (κ3) is 6.18. The summed E-state index contributed by atoms with van der Waals surface area (Å²) in [5, 5.41) is 7.31. The van der Waals surface area contributed by atoms with Gasteiger partial charge in [-0.1, -0.05) is 6.07 Å². The van der Waals surface area contributed by atoms with E-state index in [2.05, 4.69) is 34.0 Å². The topological polar surface area (TPSA) is 131 Å². The summed E-state index contributed by atoms with van der Waals surface area (Å²) in [4.78, 5) is 24.8. The number of sulfonamides is 1. The van der Waals surface area contributed by atoms with Crippen LogP contribution >= 0.6 is 0 Å². The van der Waals surface area contributed by atoms with Gasteiger partial charge in [0.15, 0.2) is 10.8 Å². The van der Waals surface area contributed by atoms with Crippen molar-refractivity contribution in [3.05, 3.63) is 47.7 Å². The maximum atomic E-state index is 13.7. The fraction of sp³-hybridized carbons (Fsp3) is 0.533. The van der Waals surface area contributed by atoms with E-state index >= 15 is 0 Å². The molecule has 3 aliphatic rings. The molecule has 0 radical (unpaired) electrons. The summed E-state index contributed by atoms with van der Waals surface area (Å²) in [6.45, 7) is 6.83. The van der Waals surface area contributed by atoms with Gasteiger partial charge >= 0.3 is 6.18 Å². The molecule has 2 fully saturated rings. The van der Waals surface area contributed by atoms with Crippen LogP contribution in [-0.4, -0.2) is 65.5 Å². The molecule has 45 heavy (non-hydrogen) atoms. The quantitative estimate of drug-likeness (QED) is 0.392. The summed E-state index contributed by atoms with van der Waals surface area (Å²) < 4.78 is 75.8. The van der Waals surface area contributed by atoms with Crippen molar-refractivity contribution >= 4 is 27.6 Å². The van der Waals surface area contributed by atoms with Crippen molar-refractivity contribution in [2.24, 2.45) is 11.3 Å². The second-order valence-corrected chi connectivity index (χ2v) is 14.4. The maximum absolute atomic E-state index is 13.7. The van der Waals surface area contributed by atoms with Crippen molar-refractivity contribution < 1.29 is 31.1 Å². The second-order valence-electron chi connectivity index (χ2n) is 12.8. The molecular formula is C30H36F3N7O4S. The molecule has 2 N–H and O–H groups in total. The largest absolute Gasteiger partial charge is 0.477 e. The van der Waals surface area contributed by atoms with Crippen LogP contribution in [0.5, 0.6) is 5.88 Å². The molecule has 5 heterocycles. The lowest BCUT2D eigenvalue weighted by molar-refractivity contribution is -0.190. The van der Waals surface area contributed by atoms with Crippen LogP contribution < -0.4 is 19.7 Å². The summed E-state index contributed by atoms with van der Waals surface area (Å²) in [5.74, 6) is 0.654. The van der Waals surface area contributed by atoms with Crippen molar-refractivity contribution in [2.45, 2.75) is 76.0 Å². The Balaban J connectivity index is 1.31. The number of alkyl halides is 3. The molecule has 4 bridgehead atoms. The van der Waals surface area contributed by atoms with Crippen LogP contribution in [0.1, 0.15) is 68.3 Å². The number of fused-ring (bicyclic) bond motifs is 6. The average Bonchev–Trinajstić information content (AvgIpc) is 3.51. The Hall–Kier alpha value is -3.88. The third-order valence-electron chi connectivity index (χ3n) is 9.03. The van der Waals surface area contributed by atoms with Gasteiger partial charge in [0.05, 0.1) is 17.6 Å². The summed E-state index contributed by atoms with van der Waals surface area (Å²) in [6.07, 6.45) is -0.0268. The van der Waals surface area contributed by atoms with Gasteiger partial charge in [0, 0.05) is 30.9 Å². The highest BCUT2D eigenvalue weighted by atomic mass is 32.2. The molecule has 6 rings (SSSR count). The average molecular weight is 648 g/mol. The lowest BCUT2D eigenvalue weighted by Gasteiger charge is -2.34. The zero-order chi connectivity index (χ0) is 32.2. The normalized spacial score (nSPS) is 22.0. The molecule has 1 saturated heterocycles. The van der Waals surface area contributed by atoms with Gasteiger partial charge in [0.25, 0.3) is 15.9 Å². The number of nitrogens with one attached hydrogen (secondary N) is 2. The molecule has 1 atom stereocenters. The van der Waals surface area contributed by atoms with Crippen LogP contribution in [0.4, 0.5) is 24.8 Å². The zero-order valence-electron chi connectivity index (χ0n) is 25.3. The first-order valence-corrected chi connectivity index (χ1v) is 16.5. The van der Waals surface area contributed by atoms with Crippen molar-refractivity contribution in [3.8, 4) is 11.7 Å². The summed E-state index contributed by atoms with van der Waals surface area (Å²) >= 11 is 0. The minimum Gasteiger partial charge on any atom is -0.477 e. The fourth-order valence-electron chi connectivity index (χ4n) is 6.30. The number of ether oxygens (including phenoxy) is 1. The number of amides is 1. The van der Waals surface area contributed by atoms with Gasteiger partial charge < -0.3 is 15.0 Å².